The van der Waals surface area contributed by atoms with Gasteiger partial charge in [-0.1, -0.05) is 6.07 Å². The molecule has 3 aromatic heterocycles. The minimum absolute atomic E-state index is 0.364. The summed E-state index contributed by atoms with van der Waals surface area (Å²) in [6, 6.07) is 9.14. The van der Waals surface area contributed by atoms with Crippen molar-refractivity contribution in [1.29, 1.82) is 0 Å². The molecule has 0 fully saturated rings. The number of hydrogen-bond donors (Lipinski definition) is 0. The Morgan fingerprint density at radius 2 is 2.12 bits per heavy atom. The van der Waals surface area contributed by atoms with Crippen LogP contribution in [0.4, 0.5) is 10.1 Å². The zero-order chi connectivity index (χ0) is 16.7. The number of rotatable bonds is 3. The van der Waals surface area contributed by atoms with Crippen LogP contribution in [0.25, 0.3) is 27.7 Å². The van der Waals surface area contributed by atoms with Gasteiger partial charge in [-0.05, 0) is 29.6 Å². The van der Waals surface area contributed by atoms with Crippen molar-refractivity contribution in [2.24, 2.45) is 0 Å². The fourth-order valence-electron chi connectivity index (χ4n) is 2.33. The summed E-state index contributed by atoms with van der Waals surface area (Å²) in [7, 11) is 0. The van der Waals surface area contributed by atoms with E-state index in [9.17, 15) is 14.5 Å². The molecule has 0 spiro atoms. The second-order valence-corrected chi connectivity index (χ2v) is 5.83. The summed E-state index contributed by atoms with van der Waals surface area (Å²) < 4.78 is 15.0. The van der Waals surface area contributed by atoms with Crippen molar-refractivity contribution < 1.29 is 9.31 Å². The molecule has 0 aliphatic rings. The van der Waals surface area contributed by atoms with Gasteiger partial charge in [0.25, 0.3) is 5.78 Å². The Bertz CT molecular complexity index is 1060. The Balaban J connectivity index is 1.91. The lowest BCUT2D eigenvalue weighted by molar-refractivity contribution is -0.387. The molecule has 9 heteroatoms. The predicted octanol–water partition coefficient (Wildman–Crippen LogP) is 3.57. The zero-order valence-corrected chi connectivity index (χ0v) is 12.8. The molecule has 4 rings (SSSR count). The van der Waals surface area contributed by atoms with E-state index in [1.54, 1.807) is 6.07 Å². The lowest BCUT2D eigenvalue weighted by Gasteiger charge is -2.04. The maximum atomic E-state index is 13.6. The highest BCUT2D eigenvalue weighted by atomic mass is 32.1. The van der Waals surface area contributed by atoms with E-state index < -0.39 is 16.4 Å². The molecule has 4 aromatic rings. The van der Waals surface area contributed by atoms with Crippen molar-refractivity contribution in [3.05, 3.63) is 63.9 Å². The summed E-state index contributed by atoms with van der Waals surface area (Å²) in [4.78, 5) is 19.6. The fraction of sp³-hybridized carbons (Fsp3) is 0. The highest BCUT2D eigenvalue weighted by Gasteiger charge is 2.17. The molecule has 0 saturated carbocycles. The van der Waals surface area contributed by atoms with Gasteiger partial charge in [0.2, 0.25) is 5.82 Å². The van der Waals surface area contributed by atoms with Crippen LogP contribution in [0.1, 0.15) is 0 Å². The van der Waals surface area contributed by atoms with E-state index >= 15 is 0 Å². The number of halogens is 1. The van der Waals surface area contributed by atoms with Crippen molar-refractivity contribution >= 4 is 22.8 Å². The number of nitrogens with zero attached hydrogens (tertiary/aromatic N) is 5. The first-order valence-electron chi connectivity index (χ1n) is 6.83. The molecule has 0 aliphatic carbocycles. The van der Waals surface area contributed by atoms with Gasteiger partial charge in [-0.2, -0.15) is 13.9 Å². The highest BCUT2D eigenvalue weighted by Crippen LogP contribution is 2.27. The van der Waals surface area contributed by atoms with Crippen molar-refractivity contribution in [1.82, 2.24) is 19.6 Å². The maximum absolute atomic E-state index is 13.6. The van der Waals surface area contributed by atoms with Crippen LogP contribution in [0.5, 0.6) is 0 Å². The molecule has 0 amide bonds. The van der Waals surface area contributed by atoms with Gasteiger partial charge in [0.05, 0.1) is 15.5 Å². The van der Waals surface area contributed by atoms with Crippen LogP contribution in [-0.4, -0.2) is 24.5 Å². The topological polar surface area (TPSA) is 86.2 Å². The monoisotopic (exact) mass is 341 g/mol. The van der Waals surface area contributed by atoms with E-state index in [4.69, 9.17) is 0 Å². The fourth-order valence-corrected chi connectivity index (χ4v) is 2.99. The Labute approximate surface area is 138 Å². The number of fused-ring (bicyclic) bond motifs is 1. The largest absolute Gasteiger partial charge is 0.305 e. The van der Waals surface area contributed by atoms with Gasteiger partial charge in [-0.3, -0.25) is 10.1 Å². The van der Waals surface area contributed by atoms with Crippen LogP contribution in [0.2, 0.25) is 0 Å². The van der Waals surface area contributed by atoms with Crippen LogP contribution in [-0.2, 0) is 0 Å². The summed E-state index contributed by atoms with van der Waals surface area (Å²) in [5.41, 5.74) is 0.410. The first kappa shape index (κ1) is 14.4. The Morgan fingerprint density at radius 1 is 1.25 bits per heavy atom. The average Bonchev–Trinajstić information content (AvgIpc) is 3.23. The van der Waals surface area contributed by atoms with Gasteiger partial charge in [-0.25, -0.2) is 4.98 Å². The van der Waals surface area contributed by atoms with Crippen molar-refractivity contribution in [2.75, 3.05) is 0 Å². The molecule has 0 aliphatic heterocycles. The Morgan fingerprint density at radius 3 is 2.88 bits per heavy atom. The molecule has 118 valence electrons. The summed E-state index contributed by atoms with van der Waals surface area (Å²) >= 11 is 1.50. The van der Waals surface area contributed by atoms with Gasteiger partial charge in [0.15, 0.2) is 5.82 Å². The highest BCUT2D eigenvalue weighted by molar-refractivity contribution is 7.13. The van der Waals surface area contributed by atoms with Crippen molar-refractivity contribution in [2.45, 2.75) is 0 Å². The molecular weight excluding hydrogens is 333 g/mol. The predicted molar refractivity (Wildman–Crippen MR) is 86.1 cm³/mol. The van der Waals surface area contributed by atoms with Crippen LogP contribution < -0.4 is 0 Å². The van der Waals surface area contributed by atoms with Crippen molar-refractivity contribution in [3.63, 3.8) is 0 Å². The molecule has 0 saturated heterocycles. The van der Waals surface area contributed by atoms with E-state index in [0.29, 0.717) is 22.9 Å². The van der Waals surface area contributed by atoms with Crippen LogP contribution >= 0.6 is 11.3 Å². The first-order chi connectivity index (χ1) is 11.6. The van der Waals surface area contributed by atoms with Gasteiger partial charge >= 0.3 is 5.69 Å². The second-order valence-electron chi connectivity index (χ2n) is 4.88. The summed E-state index contributed by atoms with van der Waals surface area (Å²) in [5.74, 6) is -0.00338. The number of nitro benzene ring substituents is 1. The number of nitro groups is 1. The second kappa shape index (κ2) is 5.46. The van der Waals surface area contributed by atoms with Gasteiger partial charge in [-0.15, -0.1) is 16.4 Å². The molecule has 0 unspecified atom stereocenters. The average molecular weight is 341 g/mol. The normalized spacial score (nSPS) is 11.0. The van der Waals surface area contributed by atoms with E-state index in [1.807, 2.05) is 17.5 Å². The number of hydrogen-bond acceptors (Lipinski definition) is 6. The third-order valence-corrected chi connectivity index (χ3v) is 4.29. The summed E-state index contributed by atoms with van der Waals surface area (Å²) in [6.07, 6.45) is 1.53. The SMILES string of the molecule is O=[N+]([O-])c1cc(-c2ccnc3nc(-c4cccs4)nn23)ccc1F. The van der Waals surface area contributed by atoms with Crippen LogP contribution in [0, 0.1) is 15.9 Å². The van der Waals surface area contributed by atoms with E-state index in [1.165, 1.54) is 34.2 Å². The lowest BCUT2D eigenvalue weighted by Crippen LogP contribution is -1.98. The van der Waals surface area contributed by atoms with Gasteiger partial charge in [0, 0.05) is 17.8 Å². The quantitative estimate of drug-likeness (QED) is 0.420. The smallest absolute Gasteiger partial charge is 0.258 e. The zero-order valence-electron chi connectivity index (χ0n) is 12.0. The minimum Gasteiger partial charge on any atom is -0.258 e. The van der Waals surface area contributed by atoms with E-state index in [0.717, 1.165) is 10.9 Å². The maximum Gasteiger partial charge on any atom is 0.305 e. The molecule has 3 heterocycles. The Hall–Kier alpha value is -3.20. The van der Waals surface area contributed by atoms with E-state index in [2.05, 4.69) is 15.1 Å². The van der Waals surface area contributed by atoms with Gasteiger partial charge in [0.1, 0.15) is 0 Å². The third-order valence-electron chi connectivity index (χ3n) is 3.42. The van der Waals surface area contributed by atoms with Crippen molar-refractivity contribution in [3.8, 4) is 22.0 Å². The molecule has 0 radical (unpaired) electrons. The number of aromatic nitrogens is 4. The number of thiophene rings is 1. The first-order valence-corrected chi connectivity index (χ1v) is 7.71. The van der Waals surface area contributed by atoms with Gasteiger partial charge < -0.3 is 0 Å². The minimum atomic E-state index is -0.882. The summed E-state index contributed by atoms with van der Waals surface area (Å²) in [6.45, 7) is 0. The molecular formula is C15H8FN5O2S. The molecule has 1 aromatic carbocycles. The lowest BCUT2D eigenvalue weighted by atomic mass is 10.1. The molecule has 0 bridgehead atoms. The van der Waals surface area contributed by atoms with Crippen LogP contribution in [0.3, 0.4) is 0 Å². The number of benzene rings is 1. The van der Waals surface area contributed by atoms with E-state index in [-0.39, 0.29) is 0 Å². The Kier molecular flexibility index (Phi) is 3.28. The molecule has 0 N–H and O–H groups in total. The summed E-state index contributed by atoms with van der Waals surface area (Å²) in [5, 5.41) is 17.3. The third kappa shape index (κ3) is 2.31. The molecule has 0 atom stereocenters. The van der Waals surface area contributed by atoms with Crippen LogP contribution in [0.15, 0.2) is 48.0 Å². The molecule has 24 heavy (non-hydrogen) atoms. The standard InChI is InChI=1S/C15H8FN5O2S/c16-10-4-3-9(8-12(10)21(22)23)11-5-6-17-15-18-14(19-20(11)15)13-2-1-7-24-13/h1-8H. The molecule has 7 nitrogen and oxygen atoms in total.